The molecule has 0 saturated carbocycles. The molecule has 7 heteroatoms. The number of ether oxygens (including phenoxy) is 2. The van der Waals surface area contributed by atoms with Crippen molar-refractivity contribution in [3.8, 4) is 5.88 Å². The van der Waals surface area contributed by atoms with Crippen molar-refractivity contribution < 1.29 is 19.1 Å². The van der Waals surface area contributed by atoms with Gasteiger partial charge in [0.25, 0.3) is 5.91 Å². The number of hydrogen-bond donors (Lipinski definition) is 1. The quantitative estimate of drug-likeness (QED) is 0.819. The van der Waals surface area contributed by atoms with Crippen LogP contribution in [0.5, 0.6) is 5.88 Å². The Bertz CT molecular complexity index is 746. The minimum atomic E-state index is -0.489. The first-order chi connectivity index (χ1) is 11.6. The highest BCUT2D eigenvalue weighted by atomic mass is 16.5. The van der Waals surface area contributed by atoms with E-state index >= 15 is 0 Å². The van der Waals surface area contributed by atoms with Crippen LogP contribution in [0.2, 0.25) is 0 Å². The van der Waals surface area contributed by atoms with Crippen molar-refractivity contribution >= 4 is 17.6 Å². The first-order valence-corrected chi connectivity index (χ1v) is 7.59. The molecule has 0 aliphatic carbocycles. The van der Waals surface area contributed by atoms with Crippen molar-refractivity contribution in [2.45, 2.75) is 20.8 Å². The second-order valence-electron chi connectivity index (χ2n) is 4.82. The molecule has 0 radical (unpaired) electrons. The number of amides is 1. The number of carbonyl (C=O) groups excluding carboxylic acids is 2. The summed E-state index contributed by atoms with van der Waals surface area (Å²) in [6.45, 7) is 5.93. The van der Waals surface area contributed by atoms with Crippen molar-refractivity contribution in [3.05, 3.63) is 47.4 Å². The third kappa shape index (κ3) is 4.07. The minimum Gasteiger partial charge on any atom is -0.477 e. The fraction of sp³-hybridized carbons (Fsp3) is 0.294. The first kappa shape index (κ1) is 17.4. The molecule has 2 aromatic rings. The minimum absolute atomic E-state index is 0.254. The van der Waals surface area contributed by atoms with E-state index in [0.717, 1.165) is 0 Å². The molecule has 0 aliphatic heterocycles. The molecule has 0 bridgehead atoms. The largest absolute Gasteiger partial charge is 0.477 e. The second-order valence-corrected chi connectivity index (χ2v) is 4.82. The predicted molar refractivity (Wildman–Crippen MR) is 88.3 cm³/mol. The zero-order valence-corrected chi connectivity index (χ0v) is 13.8. The fourth-order valence-corrected chi connectivity index (χ4v) is 1.99. The average molecular weight is 329 g/mol. The average Bonchev–Trinajstić information content (AvgIpc) is 2.57. The van der Waals surface area contributed by atoms with Gasteiger partial charge in [-0.2, -0.15) is 0 Å². The molecule has 1 N–H and O–H groups in total. The van der Waals surface area contributed by atoms with E-state index in [9.17, 15) is 9.59 Å². The molecule has 0 aliphatic rings. The van der Waals surface area contributed by atoms with Gasteiger partial charge in [0.05, 0.1) is 30.2 Å². The third-order valence-corrected chi connectivity index (χ3v) is 3.14. The van der Waals surface area contributed by atoms with Gasteiger partial charge in [-0.1, -0.05) is 0 Å². The number of anilines is 1. The van der Waals surface area contributed by atoms with Crippen molar-refractivity contribution in [2.24, 2.45) is 0 Å². The number of aryl methyl sites for hydroxylation is 1. The first-order valence-electron chi connectivity index (χ1n) is 7.59. The SMILES string of the molecule is CCOC(=O)c1cnc(C)c(NC(=O)c2cccnc2OCC)c1. The Hall–Kier alpha value is -2.96. The second kappa shape index (κ2) is 8.05. The van der Waals surface area contributed by atoms with Gasteiger partial charge in [0.2, 0.25) is 5.88 Å². The Balaban J connectivity index is 2.26. The number of carbonyl (C=O) groups is 2. The van der Waals surface area contributed by atoms with Gasteiger partial charge in [-0.3, -0.25) is 9.78 Å². The third-order valence-electron chi connectivity index (χ3n) is 3.14. The highest BCUT2D eigenvalue weighted by Gasteiger charge is 2.16. The molecule has 0 unspecified atom stereocenters. The zero-order chi connectivity index (χ0) is 17.5. The van der Waals surface area contributed by atoms with Crippen LogP contribution in [0.1, 0.15) is 40.3 Å². The van der Waals surface area contributed by atoms with Crippen molar-refractivity contribution in [3.63, 3.8) is 0 Å². The summed E-state index contributed by atoms with van der Waals surface area (Å²) in [5.41, 5.74) is 1.59. The maximum absolute atomic E-state index is 12.5. The molecular formula is C17H19N3O4. The number of rotatable bonds is 6. The van der Waals surface area contributed by atoms with Gasteiger partial charge in [0.15, 0.2) is 0 Å². The van der Waals surface area contributed by atoms with Gasteiger partial charge in [-0.05, 0) is 39.0 Å². The van der Waals surface area contributed by atoms with Crippen LogP contribution in [0.25, 0.3) is 0 Å². The van der Waals surface area contributed by atoms with E-state index in [-0.39, 0.29) is 18.1 Å². The molecule has 0 fully saturated rings. The monoisotopic (exact) mass is 329 g/mol. The number of aromatic nitrogens is 2. The summed E-state index contributed by atoms with van der Waals surface area (Å²) in [6, 6.07) is 4.80. The van der Waals surface area contributed by atoms with Gasteiger partial charge in [0, 0.05) is 12.4 Å². The van der Waals surface area contributed by atoms with E-state index in [1.54, 1.807) is 32.2 Å². The van der Waals surface area contributed by atoms with E-state index in [1.165, 1.54) is 12.3 Å². The lowest BCUT2D eigenvalue weighted by Gasteiger charge is -2.11. The van der Waals surface area contributed by atoms with Gasteiger partial charge in [-0.25, -0.2) is 9.78 Å². The number of esters is 1. The van der Waals surface area contributed by atoms with Gasteiger partial charge >= 0.3 is 5.97 Å². The lowest BCUT2D eigenvalue weighted by Crippen LogP contribution is -2.16. The summed E-state index contributed by atoms with van der Waals surface area (Å²) in [5, 5.41) is 2.73. The smallest absolute Gasteiger partial charge is 0.339 e. The van der Waals surface area contributed by atoms with E-state index in [4.69, 9.17) is 9.47 Å². The molecule has 1 amide bonds. The van der Waals surface area contributed by atoms with Crippen molar-refractivity contribution in [1.29, 1.82) is 0 Å². The molecule has 126 valence electrons. The highest BCUT2D eigenvalue weighted by Crippen LogP contribution is 2.19. The number of nitrogens with zero attached hydrogens (tertiary/aromatic N) is 2. The maximum atomic E-state index is 12.5. The summed E-state index contributed by atoms with van der Waals surface area (Å²) >= 11 is 0. The lowest BCUT2D eigenvalue weighted by atomic mass is 10.2. The van der Waals surface area contributed by atoms with Crippen LogP contribution in [-0.4, -0.2) is 35.1 Å². The normalized spacial score (nSPS) is 10.1. The number of nitrogens with one attached hydrogen (secondary N) is 1. The molecule has 2 heterocycles. The van der Waals surface area contributed by atoms with E-state index < -0.39 is 11.9 Å². The van der Waals surface area contributed by atoms with Gasteiger partial charge in [0.1, 0.15) is 5.56 Å². The van der Waals surface area contributed by atoms with Crippen LogP contribution in [-0.2, 0) is 4.74 Å². The van der Waals surface area contributed by atoms with Crippen molar-refractivity contribution in [2.75, 3.05) is 18.5 Å². The summed E-state index contributed by atoms with van der Waals surface area (Å²) in [7, 11) is 0. The van der Waals surface area contributed by atoms with Crippen LogP contribution in [0.3, 0.4) is 0 Å². The molecule has 0 spiro atoms. The molecule has 7 nitrogen and oxygen atoms in total. The highest BCUT2D eigenvalue weighted by molar-refractivity contribution is 6.06. The van der Waals surface area contributed by atoms with Gasteiger partial charge < -0.3 is 14.8 Å². The van der Waals surface area contributed by atoms with E-state index in [2.05, 4.69) is 15.3 Å². The Morgan fingerprint density at radius 1 is 1.21 bits per heavy atom. The molecule has 0 saturated heterocycles. The number of hydrogen-bond acceptors (Lipinski definition) is 6. The maximum Gasteiger partial charge on any atom is 0.339 e. The fourth-order valence-electron chi connectivity index (χ4n) is 1.99. The van der Waals surface area contributed by atoms with E-state index in [1.807, 2.05) is 6.92 Å². The Kier molecular flexibility index (Phi) is 5.83. The van der Waals surface area contributed by atoms with Crippen LogP contribution in [0, 0.1) is 6.92 Å². The molecular weight excluding hydrogens is 310 g/mol. The number of pyridine rings is 2. The summed E-state index contributed by atoms with van der Waals surface area (Å²) < 4.78 is 10.3. The molecule has 24 heavy (non-hydrogen) atoms. The summed E-state index contributed by atoms with van der Waals surface area (Å²) in [4.78, 5) is 32.5. The Labute approximate surface area is 140 Å². The van der Waals surface area contributed by atoms with Crippen LogP contribution in [0.4, 0.5) is 5.69 Å². The van der Waals surface area contributed by atoms with E-state index in [0.29, 0.717) is 23.6 Å². The standard InChI is InChI=1S/C17H19N3O4/c1-4-23-16-13(7-6-8-18-16)15(21)20-14-9-12(10-19-11(14)3)17(22)24-5-2/h6-10H,4-5H2,1-3H3,(H,20,21). The van der Waals surface area contributed by atoms with Crippen molar-refractivity contribution in [1.82, 2.24) is 9.97 Å². The Morgan fingerprint density at radius 3 is 2.71 bits per heavy atom. The zero-order valence-electron chi connectivity index (χ0n) is 13.8. The molecule has 2 rings (SSSR count). The Morgan fingerprint density at radius 2 is 2.00 bits per heavy atom. The van der Waals surface area contributed by atoms with Crippen LogP contribution < -0.4 is 10.1 Å². The van der Waals surface area contributed by atoms with Gasteiger partial charge in [-0.15, -0.1) is 0 Å². The van der Waals surface area contributed by atoms with Crippen LogP contribution >= 0.6 is 0 Å². The molecule has 2 aromatic heterocycles. The summed E-state index contributed by atoms with van der Waals surface area (Å²) in [6.07, 6.45) is 2.97. The summed E-state index contributed by atoms with van der Waals surface area (Å²) in [5.74, 6) is -0.626. The van der Waals surface area contributed by atoms with Crippen LogP contribution in [0.15, 0.2) is 30.6 Å². The molecule has 0 aromatic carbocycles. The topological polar surface area (TPSA) is 90.4 Å². The lowest BCUT2D eigenvalue weighted by molar-refractivity contribution is 0.0525. The molecule has 0 atom stereocenters. The predicted octanol–water partition coefficient (Wildman–Crippen LogP) is 2.61.